The molecule has 0 spiro atoms. The minimum Gasteiger partial charge on any atom is -0.359 e. The Hall–Kier alpha value is -1.78. The molecular formula is C16H28N4O. The monoisotopic (exact) mass is 292 g/mol. The average Bonchev–Trinajstić information content (AvgIpc) is 2.92. The fraction of sp³-hybridized carbons (Fsp3) is 0.625. The van der Waals surface area contributed by atoms with Gasteiger partial charge >= 0.3 is 0 Å². The van der Waals surface area contributed by atoms with E-state index in [1.165, 1.54) is 0 Å². The Balaban J connectivity index is 2.62. The minimum atomic E-state index is 0.376. The van der Waals surface area contributed by atoms with Crippen molar-refractivity contribution in [3.05, 3.63) is 30.2 Å². The smallest absolute Gasteiger partial charge is 0.194 e. The molecular weight excluding hydrogens is 264 g/mol. The highest BCUT2D eigenvalue weighted by molar-refractivity contribution is 5.79. The van der Waals surface area contributed by atoms with E-state index in [2.05, 4.69) is 47.7 Å². The second-order valence-corrected chi connectivity index (χ2v) is 5.40. The number of aromatic nitrogens is 1. The number of unbranched alkanes of at least 4 members (excludes halogenated alkanes) is 1. The number of hydrogen-bond donors (Lipinski definition) is 1. The van der Waals surface area contributed by atoms with Gasteiger partial charge in [-0.2, -0.15) is 0 Å². The third-order valence-electron chi connectivity index (χ3n) is 3.15. The van der Waals surface area contributed by atoms with Crippen LogP contribution in [0.4, 0.5) is 0 Å². The summed E-state index contributed by atoms with van der Waals surface area (Å²) in [6.45, 7) is 12.3. The number of hydrogen-bond acceptors (Lipinski definition) is 3. The molecule has 0 aliphatic heterocycles. The summed E-state index contributed by atoms with van der Waals surface area (Å²) in [5.41, 5.74) is 0.976. The third kappa shape index (κ3) is 6.02. The molecule has 0 fully saturated rings. The molecule has 0 radical (unpaired) electrons. The first kappa shape index (κ1) is 17.3. The molecule has 0 bridgehead atoms. The molecule has 1 aromatic rings. The lowest BCUT2D eigenvalue weighted by Gasteiger charge is -2.21. The molecule has 0 aliphatic rings. The zero-order valence-electron chi connectivity index (χ0n) is 13.7. The van der Waals surface area contributed by atoms with Crippen LogP contribution in [-0.2, 0) is 6.54 Å². The normalized spacial score (nSPS) is 11.8. The van der Waals surface area contributed by atoms with Crippen LogP contribution >= 0.6 is 0 Å². The molecule has 1 rings (SSSR count). The number of nitrogens with one attached hydrogen (secondary N) is 1. The van der Waals surface area contributed by atoms with Crippen LogP contribution in [-0.4, -0.2) is 36.2 Å². The van der Waals surface area contributed by atoms with Gasteiger partial charge in [0.25, 0.3) is 0 Å². The Labute approximate surface area is 128 Å². The van der Waals surface area contributed by atoms with Gasteiger partial charge in [0, 0.05) is 26.2 Å². The maximum atomic E-state index is 5.32. The van der Waals surface area contributed by atoms with E-state index in [9.17, 15) is 0 Å². The van der Waals surface area contributed by atoms with Crippen LogP contribution in [0.3, 0.4) is 0 Å². The number of allylic oxidation sites excluding steroid dienone is 1. The number of guanidine groups is 1. The van der Waals surface area contributed by atoms with E-state index < -0.39 is 0 Å². The zero-order valence-corrected chi connectivity index (χ0v) is 13.7. The van der Waals surface area contributed by atoms with Crippen LogP contribution < -0.4 is 5.32 Å². The molecule has 0 amide bonds. The Morgan fingerprint density at radius 3 is 2.90 bits per heavy atom. The topological polar surface area (TPSA) is 53.7 Å². The maximum Gasteiger partial charge on any atom is 0.194 e. The molecule has 0 aliphatic carbocycles. The molecule has 0 atom stereocenters. The van der Waals surface area contributed by atoms with Crippen LogP contribution in [0.1, 0.15) is 51.0 Å². The molecule has 0 aromatic carbocycles. The zero-order chi connectivity index (χ0) is 15.7. The molecule has 5 heteroatoms. The highest BCUT2D eigenvalue weighted by atomic mass is 16.5. The Kier molecular flexibility index (Phi) is 7.58. The Bertz CT molecular complexity index is 451. The van der Waals surface area contributed by atoms with Gasteiger partial charge in [0.15, 0.2) is 11.7 Å². The number of aliphatic imine (C=N–C) groups is 1. The van der Waals surface area contributed by atoms with Gasteiger partial charge in [-0.1, -0.05) is 25.1 Å². The molecule has 5 nitrogen and oxygen atoms in total. The predicted molar refractivity (Wildman–Crippen MR) is 87.5 cm³/mol. The van der Waals surface area contributed by atoms with Crippen molar-refractivity contribution >= 4 is 5.96 Å². The predicted octanol–water partition coefficient (Wildman–Crippen LogP) is 3.16. The first-order valence-corrected chi connectivity index (χ1v) is 7.64. The standard InChI is InChI=1S/C16H28N4O/c1-6-8-9-10-20(5)16(17-7-2)18-12-14-11-15(13(3)4)19-21-14/h6,11,13H,1,7-10,12H2,2-5H3,(H,17,18). The van der Waals surface area contributed by atoms with Crippen molar-refractivity contribution in [2.75, 3.05) is 20.1 Å². The van der Waals surface area contributed by atoms with Gasteiger partial charge in [-0.3, -0.25) is 0 Å². The second-order valence-electron chi connectivity index (χ2n) is 5.40. The SMILES string of the molecule is C=CCCCN(C)C(=NCc1cc(C(C)C)no1)NCC. The highest BCUT2D eigenvalue weighted by Gasteiger charge is 2.09. The summed E-state index contributed by atoms with van der Waals surface area (Å²) < 4.78 is 5.32. The fourth-order valence-electron chi connectivity index (χ4n) is 1.88. The van der Waals surface area contributed by atoms with Crippen molar-refractivity contribution in [1.82, 2.24) is 15.4 Å². The molecule has 21 heavy (non-hydrogen) atoms. The maximum absolute atomic E-state index is 5.32. The average molecular weight is 292 g/mol. The first-order chi connectivity index (χ1) is 10.1. The van der Waals surface area contributed by atoms with Gasteiger partial charge < -0.3 is 14.7 Å². The van der Waals surface area contributed by atoms with Crippen molar-refractivity contribution in [3.63, 3.8) is 0 Å². The van der Waals surface area contributed by atoms with Gasteiger partial charge in [0.2, 0.25) is 0 Å². The highest BCUT2D eigenvalue weighted by Crippen LogP contribution is 2.14. The van der Waals surface area contributed by atoms with E-state index in [1.54, 1.807) is 0 Å². The van der Waals surface area contributed by atoms with Gasteiger partial charge in [-0.05, 0) is 25.7 Å². The third-order valence-corrected chi connectivity index (χ3v) is 3.15. The van der Waals surface area contributed by atoms with E-state index in [4.69, 9.17) is 4.52 Å². The van der Waals surface area contributed by atoms with Crippen molar-refractivity contribution in [3.8, 4) is 0 Å². The summed E-state index contributed by atoms with van der Waals surface area (Å²) in [5.74, 6) is 2.07. The number of nitrogens with zero attached hydrogens (tertiary/aromatic N) is 3. The Morgan fingerprint density at radius 2 is 2.33 bits per heavy atom. The second kappa shape index (κ2) is 9.21. The summed E-state index contributed by atoms with van der Waals surface area (Å²) in [6.07, 6.45) is 4.04. The summed E-state index contributed by atoms with van der Waals surface area (Å²) in [7, 11) is 2.05. The van der Waals surface area contributed by atoms with Gasteiger partial charge in [0.05, 0.1) is 5.69 Å². The van der Waals surface area contributed by atoms with E-state index >= 15 is 0 Å². The first-order valence-electron chi connectivity index (χ1n) is 7.64. The van der Waals surface area contributed by atoms with Crippen LogP contribution in [0, 0.1) is 0 Å². The van der Waals surface area contributed by atoms with Crippen LogP contribution in [0.5, 0.6) is 0 Å². The van der Waals surface area contributed by atoms with E-state index in [0.29, 0.717) is 12.5 Å². The van der Waals surface area contributed by atoms with Crippen molar-refractivity contribution in [2.45, 2.75) is 46.1 Å². The Morgan fingerprint density at radius 1 is 1.57 bits per heavy atom. The van der Waals surface area contributed by atoms with Gasteiger partial charge in [-0.15, -0.1) is 6.58 Å². The minimum absolute atomic E-state index is 0.376. The summed E-state index contributed by atoms with van der Waals surface area (Å²) in [6, 6.07) is 1.98. The van der Waals surface area contributed by atoms with Crippen LogP contribution in [0.15, 0.2) is 28.2 Å². The molecule has 118 valence electrons. The lowest BCUT2D eigenvalue weighted by Crippen LogP contribution is -2.39. The van der Waals surface area contributed by atoms with E-state index in [-0.39, 0.29) is 0 Å². The van der Waals surface area contributed by atoms with Crippen molar-refractivity contribution < 1.29 is 4.52 Å². The molecule has 0 saturated heterocycles. The molecule has 1 N–H and O–H groups in total. The van der Waals surface area contributed by atoms with Crippen LogP contribution in [0.25, 0.3) is 0 Å². The van der Waals surface area contributed by atoms with Crippen molar-refractivity contribution in [2.24, 2.45) is 4.99 Å². The molecule has 0 unspecified atom stereocenters. The lowest BCUT2D eigenvalue weighted by atomic mass is 10.1. The van der Waals surface area contributed by atoms with E-state index in [1.807, 2.05) is 19.2 Å². The fourth-order valence-corrected chi connectivity index (χ4v) is 1.88. The van der Waals surface area contributed by atoms with Crippen molar-refractivity contribution in [1.29, 1.82) is 0 Å². The molecule has 1 aromatic heterocycles. The van der Waals surface area contributed by atoms with Crippen LogP contribution in [0.2, 0.25) is 0 Å². The quantitative estimate of drug-likeness (QED) is 0.346. The number of rotatable bonds is 8. The molecule has 0 saturated carbocycles. The largest absolute Gasteiger partial charge is 0.359 e. The summed E-state index contributed by atoms with van der Waals surface area (Å²) >= 11 is 0. The van der Waals surface area contributed by atoms with Gasteiger partial charge in [0.1, 0.15) is 6.54 Å². The molecule has 1 heterocycles. The van der Waals surface area contributed by atoms with Gasteiger partial charge in [-0.25, -0.2) is 4.99 Å². The summed E-state index contributed by atoms with van der Waals surface area (Å²) in [4.78, 5) is 6.74. The summed E-state index contributed by atoms with van der Waals surface area (Å²) in [5, 5.41) is 7.35. The van der Waals surface area contributed by atoms with E-state index in [0.717, 1.165) is 43.3 Å². The lowest BCUT2D eigenvalue weighted by molar-refractivity contribution is 0.375.